The number of ether oxygens (including phenoxy) is 3. The molecule has 1 atom stereocenters. The van der Waals surface area contributed by atoms with E-state index < -0.39 is 0 Å². The Morgan fingerprint density at radius 2 is 1.59 bits per heavy atom. The van der Waals surface area contributed by atoms with Gasteiger partial charge in [0.05, 0.1) is 25.8 Å². The van der Waals surface area contributed by atoms with Crippen molar-refractivity contribution >= 4 is 11.9 Å². The van der Waals surface area contributed by atoms with E-state index in [0.717, 1.165) is 0 Å². The Balaban J connectivity index is 1.47. The summed E-state index contributed by atoms with van der Waals surface area (Å²) in [7, 11) is 3.06. The quantitative estimate of drug-likeness (QED) is 0.709. The fraction of sp³-hybridized carbons (Fsp3) is 0.391. The molecule has 1 aliphatic rings. The molecular weight excluding hydrogens is 417 g/mol. The average molecular weight is 445 g/mol. The Kier molecular flexibility index (Phi) is 7.75. The van der Waals surface area contributed by atoms with E-state index in [0.29, 0.717) is 49.0 Å². The first-order valence-electron chi connectivity index (χ1n) is 10.4. The van der Waals surface area contributed by atoms with Crippen LogP contribution in [0.4, 0.5) is 9.18 Å². The average Bonchev–Trinajstić information content (AvgIpc) is 2.82. The van der Waals surface area contributed by atoms with Crippen molar-refractivity contribution < 1.29 is 28.2 Å². The number of rotatable bonds is 7. The van der Waals surface area contributed by atoms with E-state index in [-0.39, 0.29) is 30.4 Å². The SMILES string of the molecule is COc1ccc(C(=O)N2CCN(C(=O)NC(C)COc3ccc(F)cc3)CC2)c(OC)c1. The van der Waals surface area contributed by atoms with Crippen molar-refractivity contribution in [2.45, 2.75) is 13.0 Å². The highest BCUT2D eigenvalue weighted by Crippen LogP contribution is 2.26. The molecule has 9 heteroatoms. The number of urea groups is 1. The molecule has 1 saturated heterocycles. The molecule has 0 aromatic heterocycles. The molecule has 0 aliphatic carbocycles. The van der Waals surface area contributed by atoms with Gasteiger partial charge in [-0.05, 0) is 43.3 Å². The standard InChI is InChI=1S/C23H28FN3O5/c1-16(15-32-18-6-4-17(24)5-7-18)25-23(29)27-12-10-26(11-13-27)22(28)20-9-8-19(30-2)14-21(20)31-3/h4-9,14,16H,10-13,15H2,1-3H3,(H,25,29). The molecule has 1 heterocycles. The molecule has 0 radical (unpaired) electrons. The molecule has 1 aliphatic heterocycles. The molecule has 172 valence electrons. The van der Waals surface area contributed by atoms with E-state index in [2.05, 4.69) is 5.32 Å². The summed E-state index contributed by atoms with van der Waals surface area (Å²) < 4.78 is 29.0. The second-order valence-electron chi connectivity index (χ2n) is 7.46. The highest BCUT2D eigenvalue weighted by Gasteiger charge is 2.27. The monoisotopic (exact) mass is 445 g/mol. The van der Waals surface area contributed by atoms with Gasteiger partial charge in [-0.1, -0.05) is 0 Å². The summed E-state index contributed by atoms with van der Waals surface area (Å²) in [6, 6.07) is 10.3. The van der Waals surface area contributed by atoms with Crippen molar-refractivity contribution in [3.8, 4) is 17.2 Å². The lowest BCUT2D eigenvalue weighted by atomic mass is 10.1. The van der Waals surface area contributed by atoms with Crippen molar-refractivity contribution in [2.75, 3.05) is 47.0 Å². The fourth-order valence-corrected chi connectivity index (χ4v) is 3.35. The molecular formula is C23H28FN3O5. The number of amides is 3. The van der Waals surface area contributed by atoms with Crippen LogP contribution in [0.3, 0.4) is 0 Å². The van der Waals surface area contributed by atoms with Gasteiger partial charge in [0, 0.05) is 32.2 Å². The van der Waals surface area contributed by atoms with Crippen molar-refractivity contribution in [1.82, 2.24) is 15.1 Å². The molecule has 0 saturated carbocycles. The molecule has 2 aromatic rings. The first kappa shape index (κ1) is 23.2. The van der Waals surface area contributed by atoms with Crippen LogP contribution in [0, 0.1) is 5.82 Å². The number of hydrogen-bond donors (Lipinski definition) is 1. The van der Waals surface area contributed by atoms with Crippen LogP contribution in [0.5, 0.6) is 17.2 Å². The third-order valence-corrected chi connectivity index (χ3v) is 5.18. The number of benzene rings is 2. The van der Waals surface area contributed by atoms with Gasteiger partial charge in [-0.15, -0.1) is 0 Å². The fourth-order valence-electron chi connectivity index (χ4n) is 3.35. The smallest absolute Gasteiger partial charge is 0.317 e. The topological polar surface area (TPSA) is 80.3 Å². The van der Waals surface area contributed by atoms with Crippen LogP contribution in [0.25, 0.3) is 0 Å². The third-order valence-electron chi connectivity index (χ3n) is 5.18. The highest BCUT2D eigenvalue weighted by atomic mass is 19.1. The summed E-state index contributed by atoms with van der Waals surface area (Å²) in [6.07, 6.45) is 0. The molecule has 0 bridgehead atoms. The van der Waals surface area contributed by atoms with Gasteiger partial charge in [0.2, 0.25) is 0 Å². The van der Waals surface area contributed by atoms with Gasteiger partial charge in [-0.3, -0.25) is 4.79 Å². The molecule has 3 rings (SSSR count). The first-order valence-corrected chi connectivity index (χ1v) is 10.4. The summed E-state index contributed by atoms with van der Waals surface area (Å²) in [5.41, 5.74) is 0.456. The minimum Gasteiger partial charge on any atom is -0.497 e. The lowest BCUT2D eigenvalue weighted by Gasteiger charge is -2.35. The predicted octanol–water partition coefficient (Wildman–Crippen LogP) is 2.78. The van der Waals surface area contributed by atoms with Crippen LogP contribution in [0.15, 0.2) is 42.5 Å². The Labute approximate surface area is 186 Å². The molecule has 0 spiro atoms. The van der Waals surface area contributed by atoms with E-state index in [1.165, 1.54) is 31.4 Å². The Morgan fingerprint density at radius 3 is 2.22 bits per heavy atom. The zero-order chi connectivity index (χ0) is 23.1. The number of carbonyl (C=O) groups is 2. The third kappa shape index (κ3) is 5.81. The maximum atomic E-state index is 13.0. The van der Waals surface area contributed by atoms with Crippen molar-refractivity contribution in [2.24, 2.45) is 0 Å². The lowest BCUT2D eigenvalue weighted by Crippen LogP contribution is -2.54. The van der Waals surface area contributed by atoms with Crippen LogP contribution >= 0.6 is 0 Å². The maximum absolute atomic E-state index is 13.0. The van der Waals surface area contributed by atoms with Crippen molar-refractivity contribution in [3.05, 3.63) is 53.8 Å². The molecule has 1 fully saturated rings. The summed E-state index contributed by atoms with van der Waals surface area (Å²) in [4.78, 5) is 28.8. The Bertz CT molecular complexity index is 930. The number of carbonyl (C=O) groups excluding carboxylic acids is 2. The predicted molar refractivity (Wildman–Crippen MR) is 117 cm³/mol. The summed E-state index contributed by atoms with van der Waals surface area (Å²) in [5.74, 6) is 1.11. The van der Waals surface area contributed by atoms with Gasteiger partial charge in [-0.2, -0.15) is 0 Å². The van der Waals surface area contributed by atoms with Crippen LogP contribution in [0.1, 0.15) is 17.3 Å². The highest BCUT2D eigenvalue weighted by molar-refractivity contribution is 5.97. The minimum absolute atomic E-state index is 0.148. The van der Waals surface area contributed by atoms with Gasteiger partial charge >= 0.3 is 6.03 Å². The van der Waals surface area contributed by atoms with Crippen molar-refractivity contribution in [1.29, 1.82) is 0 Å². The molecule has 32 heavy (non-hydrogen) atoms. The van der Waals surface area contributed by atoms with Crippen LogP contribution in [-0.4, -0.2) is 74.8 Å². The largest absolute Gasteiger partial charge is 0.497 e. The van der Waals surface area contributed by atoms with Crippen LogP contribution < -0.4 is 19.5 Å². The van der Waals surface area contributed by atoms with Gasteiger partial charge in [0.25, 0.3) is 5.91 Å². The summed E-state index contributed by atoms with van der Waals surface area (Å²) >= 11 is 0. The molecule has 1 unspecified atom stereocenters. The lowest BCUT2D eigenvalue weighted by molar-refractivity contribution is 0.0659. The van der Waals surface area contributed by atoms with Gasteiger partial charge < -0.3 is 29.3 Å². The second-order valence-corrected chi connectivity index (χ2v) is 7.46. The van der Waals surface area contributed by atoms with E-state index in [9.17, 15) is 14.0 Å². The number of nitrogens with one attached hydrogen (secondary N) is 1. The van der Waals surface area contributed by atoms with E-state index in [1.807, 2.05) is 6.92 Å². The molecule has 3 amide bonds. The van der Waals surface area contributed by atoms with E-state index in [4.69, 9.17) is 14.2 Å². The number of piperazine rings is 1. The number of hydrogen-bond acceptors (Lipinski definition) is 5. The number of methoxy groups -OCH3 is 2. The first-order chi connectivity index (χ1) is 15.4. The van der Waals surface area contributed by atoms with Gasteiger partial charge in [-0.25, -0.2) is 9.18 Å². The maximum Gasteiger partial charge on any atom is 0.317 e. The molecule has 8 nitrogen and oxygen atoms in total. The van der Waals surface area contributed by atoms with E-state index >= 15 is 0 Å². The summed E-state index contributed by atoms with van der Waals surface area (Å²) in [5, 5.41) is 2.89. The summed E-state index contributed by atoms with van der Waals surface area (Å²) in [6.45, 7) is 3.76. The minimum atomic E-state index is -0.332. The Morgan fingerprint density at radius 1 is 0.969 bits per heavy atom. The van der Waals surface area contributed by atoms with Crippen LogP contribution in [0.2, 0.25) is 0 Å². The zero-order valence-electron chi connectivity index (χ0n) is 18.5. The van der Waals surface area contributed by atoms with Crippen LogP contribution in [-0.2, 0) is 0 Å². The zero-order valence-corrected chi connectivity index (χ0v) is 18.5. The van der Waals surface area contributed by atoms with Gasteiger partial charge in [0.1, 0.15) is 29.7 Å². The molecule has 1 N–H and O–H groups in total. The van der Waals surface area contributed by atoms with E-state index in [1.54, 1.807) is 35.1 Å². The normalized spacial score (nSPS) is 14.5. The Hall–Kier alpha value is -3.49. The van der Waals surface area contributed by atoms with Crippen molar-refractivity contribution in [3.63, 3.8) is 0 Å². The van der Waals surface area contributed by atoms with Gasteiger partial charge in [0.15, 0.2) is 0 Å². The number of nitrogens with zero attached hydrogens (tertiary/aromatic N) is 2. The number of halogens is 1. The molecule has 2 aromatic carbocycles. The second kappa shape index (κ2) is 10.7.